The van der Waals surface area contributed by atoms with Crippen LogP contribution in [-0.4, -0.2) is 8.42 Å². The van der Waals surface area contributed by atoms with E-state index in [-0.39, 0.29) is 12.1 Å². The maximum atomic E-state index is 13.6. The molecule has 2 aromatic carbocycles. The molecule has 6 heteroatoms. The van der Waals surface area contributed by atoms with E-state index in [1.165, 1.54) is 30.3 Å². The first-order valence-corrected chi connectivity index (χ1v) is 7.54. The Hall–Kier alpha value is -1.79. The average Bonchev–Trinajstić information content (AvgIpc) is 2.39. The first kappa shape index (κ1) is 14.6. The number of benzene rings is 2. The summed E-state index contributed by atoms with van der Waals surface area (Å²) < 4.78 is 51.2. The molecule has 0 saturated heterocycles. The van der Waals surface area contributed by atoms with Crippen LogP contribution in [0.5, 0.6) is 0 Å². The van der Waals surface area contributed by atoms with Crippen LogP contribution in [0.1, 0.15) is 11.1 Å². The maximum Gasteiger partial charge on any atom is 0.185 e. The van der Waals surface area contributed by atoms with Crippen molar-refractivity contribution in [1.82, 2.24) is 0 Å². The second kappa shape index (κ2) is 5.68. The van der Waals surface area contributed by atoms with Crippen LogP contribution in [0.2, 0.25) is 0 Å². The van der Waals surface area contributed by atoms with E-state index in [1.54, 1.807) is 0 Å². The summed E-state index contributed by atoms with van der Waals surface area (Å²) >= 11 is 0. The van der Waals surface area contributed by atoms with E-state index >= 15 is 0 Å². The highest BCUT2D eigenvalue weighted by atomic mass is 32.2. The van der Waals surface area contributed by atoms with Gasteiger partial charge in [-0.05, 0) is 35.4 Å². The zero-order valence-corrected chi connectivity index (χ0v) is 11.3. The van der Waals surface area contributed by atoms with Crippen LogP contribution >= 0.6 is 0 Å². The predicted octanol–water partition coefficient (Wildman–Crippen LogP) is 2.40. The standard InChI is InChI=1S/C14H13F2NO2S/c15-12-6-5-10(8-17)11(7-12)9-20(18,19)14-4-2-1-3-13(14)16/h1-7H,8-9,17H2. The molecule has 106 valence electrons. The highest BCUT2D eigenvalue weighted by molar-refractivity contribution is 7.90. The van der Waals surface area contributed by atoms with Crippen molar-refractivity contribution in [2.24, 2.45) is 5.73 Å². The van der Waals surface area contributed by atoms with Gasteiger partial charge in [-0.2, -0.15) is 0 Å². The Morgan fingerprint density at radius 2 is 1.70 bits per heavy atom. The zero-order chi connectivity index (χ0) is 14.8. The highest BCUT2D eigenvalue weighted by Gasteiger charge is 2.20. The molecule has 3 nitrogen and oxygen atoms in total. The SMILES string of the molecule is NCc1ccc(F)cc1CS(=O)(=O)c1ccccc1F. The van der Waals surface area contributed by atoms with Crippen LogP contribution in [-0.2, 0) is 22.1 Å². The minimum Gasteiger partial charge on any atom is -0.326 e. The van der Waals surface area contributed by atoms with Crippen LogP contribution in [0, 0.1) is 11.6 Å². The van der Waals surface area contributed by atoms with E-state index in [2.05, 4.69) is 0 Å². The number of hydrogen-bond acceptors (Lipinski definition) is 3. The Morgan fingerprint density at radius 3 is 2.35 bits per heavy atom. The minimum absolute atomic E-state index is 0.0857. The van der Waals surface area contributed by atoms with Gasteiger partial charge in [-0.3, -0.25) is 0 Å². The van der Waals surface area contributed by atoms with Gasteiger partial charge in [0.1, 0.15) is 16.5 Å². The summed E-state index contributed by atoms with van der Waals surface area (Å²) in [5.41, 5.74) is 6.26. The first-order chi connectivity index (χ1) is 9.44. The van der Waals surface area contributed by atoms with E-state index in [9.17, 15) is 17.2 Å². The summed E-state index contributed by atoms with van der Waals surface area (Å²) in [4.78, 5) is -0.396. The van der Waals surface area contributed by atoms with E-state index in [4.69, 9.17) is 5.73 Å². The maximum absolute atomic E-state index is 13.6. The predicted molar refractivity (Wildman–Crippen MR) is 71.6 cm³/mol. The number of sulfone groups is 1. The van der Waals surface area contributed by atoms with E-state index in [1.807, 2.05) is 0 Å². The fourth-order valence-electron chi connectivity index (χ4n) is 1.91. The van der Waals surface area contributed by atoms with Crippen molar-refractivity contribution in [1.29, 1.82) is 0 Å². The summed E-state index contributed by atoms with van der Waals surface area (Å²) in [6.45, 7) is 0.0857. The topological polar surface area (TPSA) is 60.2 Å². The molecule has 0 aromatic heterocycles. The number of hydrogen-bond donors (Lipinski definition) is 1. The van der Waals surface area contributed by atoms with E-state index < -0.39 is 32.1 Å². The van der Waals surface area contributed by atoms with Crippen molar-refractivity contribution in [3.05, 3.63) is 65.2 Å². The average molecular weight is 297 g/mol. The van der Waals surface area contributed by atoms with Gasteiger partial charge in [0.15, 0.2) is 9.84 Å². The van der Waals surface area contributed by atoms with Gasteiger partial charge in [0, 0.05) is 6.54 Å². The fourth-order valence-corrected chi connectivity index (χ4v) is 3.39. The molecule has 0 unspecified atom stereocenters. The quantitative estimate of drug-likeness (QED) is 0.942. The molecule has 0 fully saturated rings. The third kappa shape index (κ3) is 3.02. The van der Waals surface area contributed by atoms with Crippen molar-refractivity contribution < 1.29 is 17.2 Å². The van der Waals surface area contributed by atoms with Gasteiger partial charge in [-0.1, -0.05) is 18.2 Å². The van der Waals surface area contributed by atoms with Gasteiger partial charge >= 0.3 is 0 Å². The Bertz CT molecular complexity index is 730. The molecule has 2 N–H and O–H groups in total. The molecule has 0 saturated carbocycles. The van der Waals surface area contributed by atoms with Crippen LogP contribution in [0.25, 0.3) is 0 Å². The van der Waals surface area contributed by atoms with Crippen molar-refractivity contribution in [2.45, 2.75) is 17.2 Å². The van der Waals surface area contributed by atoms with Gasteiger partial charge in [0.25, 0.3) is 0 Å². The second-order valence-corrected chi connectivity index (χ2v) is 6.26. The molecule has 0 aliphatic heterocycles. The lowest BCUT2D eigenvalue weighted by atomic mass is 10.1. The van der Waals surface area contributed by atoms with Gasteiger partial charge in [0.05, 0.1) is 5.75 Å². The normalized spacial score (nSPS) is 11.6. The third-order valence-electron chi connectivity index (χ3n) is 2.91. The van der Waals surface area contributed by atoms with Crippen molar-refractivity contribution in [3.63, 3.8) is 0 Å². The molecule has 20 heavy (non-hydrogen) atoms. The number of rotatable bonds is 4. The molecule has 0 heterocycles. The minimum atomic E-state index is -3.89. The fraction of sp³-hybridized carbons (Fsp3) is 0.143. The summed E-state index contributed by atoms with van der Waals surface area (Å²) in [6.07, 6.45) is 0. The smallest absolute Gasteiger partial charge is 0.185 e. The van der Waals surface area contributed by atoms with Gasteiger partial charge in [0.2, 0.25) is 0 Å². The monoisotopic (exact) mass is 297 g/mol. The molecule has 0 atom stereocenters. The summed E-state index contributed by atoms with van der Waals surface area (Å²) in [7, 11) is -3.89. The van der Waals surface area contributed by atoms with Crippen LogP contribution in [0.15, 0.2) is 47.4 Å². The molecule has 2 aromatic rings. The molecular formula is C14H13F2NO2S. The van der Waals surface area contributed by atoms with Crippen molar-refractivity contribution in [3.8, 4) is 0 Å². The second-order valence-electron chi connectivity index (χ2n) is 4.31. The summed E-state index contributed by atoms with van der Waals surface area (Å²) in [5, 5.41) is 0. The Labute approximate surface area is 116 Å². The molecule has 0 amide bonds. The highest BCUT2D eigenvalue weighted by Crippen LogP contribution is 2.21. The molecule has 0 radical (unpaired) electrons. The zero-order valence-electron chi connectivity index (χ0n) is 10.5. The Balaban J connectivity index is 2.44. The van der Waals surface area contributed by atoms with E-state index in [0.29, 0.717) is 5.56 Å². The van der Waals surface area contributed by atoms with Crippen molar-refractivity contribution in [2.75, 3.05) is 0 Å². The summed E-state index contributed by atoms with van der Waals surface area (Å²) in [5.74, 6) is -1.86. The van der Waals surface area contributed by atoms with Gasteiger partial charge < -0.3 is 5.73 Å². The van der Waals surface area contributed by atoms with Crippen LogP contribution in [0.3, 0.4) is 0 Å². The van der Waals surface area contributed by atoms with Gasteiger partial charge in [-0.15, -0.1) is 0 Å². The number of halogens is 2. The Kier molecular flexibility index (Phi) is 4.15. The van der Waals surface area contributed by atoms with Crippen molar-refractivity contribution >= 4 is 9.84 Å². The molecule has 0 spiro atoms. The lowest BCUT2D eigenvalue weighted by Crippen LogP contribution is -2.11. The van der Waals surface area contributed by atoms with E-state index in [0.717, 1.165) is 12.1 Å². The Morgan fingerprint density at radius 1 is 1.00 bits per heavy atom. The lowest BCUT2D eigenvalue weighted by molar-refractivity contribution is 0.566. The first-order valence-electron chi connectivity index (χ1n) is 5.88. The lowest BCUT2D eigenvalue weighted by Gasteiger charge is -2.09. The molecule has 0 aliphatic rings. The third-order valence-corrected chi connectivity index (χ3v) is 4.60. The molecule has 0 aliphatic carbocycles. The molecule has 0 bridgehead atoms. The van der Waals surface area contributed by atoms with Crippen LogP contribution < -0.4 is 5.73 Å². The number of nitrogens with two attached hydrogens (primary N) is 1. The summed E-state index contributed by atoms with van der Waals surface area (Å²) in [6, 6.07) is 8.85. The largest absolute Gasteiger partial charge is 0.326 e. The molecule has 2 rings (SSSR count). The van der Waals surface area contributed by atoms with Gasteiger partial charge in [-0.25, -0.2) is 17.2 Å². The molecular weight excluding hydrogens is 284 g/mol. The van der Waals surface area contributed by atoms with Crippen LogP contribution in [0.4, 0.5) is 8.78 Å².